The molecule has 0 aliphatic rings. The Bertz CT molecular complexity index is 368. The molecule has 102 valence electrons. The van der Waals surface area contributed by atoms with Gasteiger partial charge in [0.2, 0.25) is 0 Å². The van der Waals surface area contributed by atoms with Crippen LogP contribution >= 0.6 is 0 Å². The Kier molecular flexibility index (Phi) is 5.85. The Morgan fingerprint density at radius 1 is 1.28 bits per heavy atom. The number of nitrogens with one attached hydrogen (secondary N) is 2. The predicted octanol–water partition coefficient (Wildman–Crippen LogP) is 2.30. The molecule has 0 saturated carbocycles. The highest BCUT2D eigenvalue weighted by atomic mass is 16.5. The van der Waals surface area contributed by atoms with Gasteiger partial charge in [-0.05, 0) is 19.8 Å². The number of hydrogen-bond acceptors (Lipinski definition) is 5. The van der Waals surface area contributed by atoms with Crippen molar-refractivity contribution in [3.8, 4) is 0 Å². The second-order valence-electron chi connectivity index (χ2n) is 4.67. The highest BCUT2D eigenvalue weighted by molar-refractivity contribution is 5.48. The van der Waals surface area contributed by atoms with Crippen molar-refractivity contribution in [3.63, 3.8) is 0 Å². The Labute approximate surface area is 109 Å². The van der Waals surface area contributed by atoms with E-state index in [0.29, 0.717) is 12.5 Å². The third-order valence-corrected chi connectivity index (χ3v) is 2.68. The summed E-state index contributed by atoms with van der Waals surface area (Å²) in [6, 6.07) is 2.18. The first-order valence-electron chi connectivity index (χ1n) is 6.41. The standard InChI is InChI=1S/C13H24N4O/c1-6-14-12-7-13(16-10(4)15-12)17-11(8-18-5)9(2)3/h7,9,11H,6,8H2,1-5H3,(H2,14,15,16,17). The average molecular weight is 252 g/mol. The van der Waals surface area contributed by atoms with Crippen molar-refractivity contribution in [3.05, 3.63) is 11.9 Å². The van der Waals surface area contributed by atoms with Crippen LogP contribution in [0.3, 0.4) is 0 Å². The summed E-state index contributed by atoms with van der Waals surface area (Å²) in [5, 5.41) is 6.60. The van der Waals surface area contributed by atoms with E-state index in [1.54, 1.807) is 7.11 Å². The van der Waals surface area contributed by atoms with E-state index in [4.69, 9.17) is 4.74 Å². The van der Waals surface area contributed by atoms with E-state index in [1.165, 1.54) is 0 Å². The van der Waals surface area contributed by atoms with E-state index in [0.717, 1.165) is 24.0 Å². The molecule has 1 aromatic heterocycles. The Hall–Kier alpha value is -1.36. The topological polar surface area (TPSA) is 59.1 Å². The van der Waals surface area contributed by atoms with Gasteiger partial charge in [0.1, 0.15) is 17.5 Å². The Morgan fingerprint density at radius 2 is 1.94 bits per heavy atom. The molecule has 1 rings (SSSR count). The minimum atomic E-state index is 0.249. The van der Waals surface area contributed by atoms with E-state index in [-0.39, 0.29) is 6.04 Å². The largest absolute Gasteiger partial charge is 0.383 e. The fourth-order valence-electron chi connectivity index (χ4n) is 1.68. The molecule has 0 aromatic carbocycles. The highest BCUT2D eigenvalue weighted by Gasteiger charge is 2.14. The molecule has 2 N–H and O–H groups in total. The maximum absolute atomic E-state index is 5.22. The number of nitrogens with zero attached hydrogens (tertiary/aromatic N) is 2. The van der Waals surface area contributed by atoms with E-state index >= 15 is 0 Å². The van der Waals surface area contributed by atoms with Crippen molar-refractivity contribution >= 4 is 11.6 Å². The Balaban J connectivity index is 2.81. The molecule has 1 atom stereocenters. The first-order valence-corrected chi connectivity index (χ1v) is 6.41. The lowest BCUT2D eigenvalue weighted by Gasteiger charge is -2.22. The number of rotatable bonds is 7. The van der Waals surface area contributed by atoms with Crippen LogP contribution in [-0.4, -0.2) is 36.3 Å². The van der Waals surface area contributed by atoms with Crippen LogP contribution in [0.4, 0.5) is 11.6 Å². The fourth-order valence-corrected chi connectivity index (χ4v) is 1.68. The van der Waals surface area contributed by atoms with Crippen molar-refractivity contribution in [1.29, 1.82) is 0 Å². The smallest absolute Gasteiger partial charge is 0.132 e. The lowest BCUT2D eigenvalue weighted by molar-refractivity contribution is 0.171. The summed E-state index contributed by atoms with van der Waals surface area (Å²) in [7, 11) is 1.71. The number of ether oxygens (including phenoxy) is 1. The van der Waals surface area contributed by atoms with Gasteiger partial charge < -0.3 is 15.4 Å². The molecule has 18 heavy (non-hydrogen) atoms. The molecule has 1 aromatic rings. The molecule has 1 unspecified atom stereocenters. The number of aromatic nitrogens is 2. The number of aryl methyl sites for hydroxylation is 1. The van der Waals surface area contributed by atoms with E-state index in [2.05, 4.69) is 34.4 Å². The van der Waals surface area contributed by atoms with Gasteiger partial charge in [-0.3, -0.25) is 0 Å². The van der Waals surface area contributed by atoms with Crippen molar-refractivity contribution in [2.24, 2.45) is 5.92 Å². The van der Waals surface area contributed by atoms with Crippen LogP contribution in [0.5, 0.6) is 0 Å². The molecule has 5 heteroatoms. The third-order valence-electron chi connectivity index (χ3n) is 2.68. The van der Waals surface area contributed by atoms with Gasteiger partial charge in [0.25, 0.3) is 0 Å². The number of anilines is 2. The van der Waals surface area contributed by atoms with Crippen LogP contribution < -0.4 is 10.6 Å². The zero-order valence-electron chi connectivity index (χ0n) is 11.9. The molecule has 1 heterocycles. The van der Waals surface area contributed by atoms with Gasteiger partial charge in [-0.1, -0.05) is 13.8 Å². The summed E-state index contributed by atoms with van der Waals surface area (Å²) in [5.74, 6) is 2.93. The number of methoxy groups -OCH3 is 1. The first-order chi connectivity index (χ1) is 8.56. The molecule has 0 spiro atoms. The maximum Gasteiger partial charge on any atom is 0.132 e. The molecule has 5 nitrogen and oxygen atoms in total. The van der Waals surface area contributed by atoms with E-state index < -0.39 is 0 Å². The van der Waals surface area contributed by atoms with Crippen LogP contribution in [0.1, 0.15) is 26.6 Å². The van der Waals surface area contributed by atoms with Crippen molar-refractivity contribution in [2.45, 2.75) is 33.7 Å². The molecule has 0 bridgehead atoms. The van der Waals surface area contributed by atoms with Gasteiger partial charge in [-0.25, -0.2) is 9.97 Å². The molecular formula is C13H24N4O. The van der Waals surface area contributed by atoms with Gasteiger partial charge >= 0.3 is 0 Å². The Morgan fingerprint density at radius 3 is 2.50 bits per heavy atom. The molecule has 0 aliphatic carbocycles. The van der Waals surface area contributed by atoms with Crippen molar-refractivity contribution in [1.82, 2.24) is 9.97 Å². The van der Waals surface area contributed by atoms with Crippen molar-refractivity contribution in [2.75, 3.05) is 30.9 Å². The summed E-state index contributed by atoms with van der Waals surface area (Å²) >= 11 is 0. The minimum absolute atomic E-state index is 0.249. The quantitative estimate of drug-likeness (QED) is 0.779. The fraction of sp³-hybridized carbons (Fsp3) is 0.692. The van der Waals surface area contributed by atoms with Crippen LogP contribution in [0.25, 0.3) is 0 Å². The minimum Gasteiger partial charge on any atom is -0.383 e. The highest BCUT2D eigenvalue weighted by Crippen LogP contribution is 2.14. The summed E-state index contributed by atoms with van der Waals surface area (Å²) in [5.41, 5.74) is 0. The molecule has 0 amide bonds. The second kappa shape index (κ2) is 7.16. The molecule has 0 aliphatic heterocycles. The molecular weight excluding hydrogens is 228 g/mol. The van der Waals surface area contributed by atoms with Crippen LogP contribution in [0.15, 0.2) is 6.07 Å². The van der Waals surface area contributed by atoms with E-state index in [1.807, 2.05) is 19.9 Å². The zero-order valence-corrected chi connectivity index (χ0v) is 11.9. The maximum atomic E-state index is 5.22. The molecule has 0 fully saturated rings. The predicted molar refractivity (Wildman–Crippen MR) is 75.1 cm³/mol. The van der Waals surface area contributed by atoms with Gasteiger partial charge in [0, 0.05) is 19.7 Å². The van der Waals surface area contributed by atoms with Crippen LogP contribution in [0.2, 0.25) is 0 Å². The van der Waals surface area contributed by atoms with Gasteiger partial charge in [-0.15, -0.1) is 0 Å². The van der Waals surface area contributed by atoms with Crippen LogP contribution in [-0.2, 0) is 4.74 Å². The van der Waals surface area contributed by atoms with Crippen molar-refractivity contribution < 1.29 is 4.74 Å². The average Bonchev–Trinajstić information content (AvgIpc) is 2.28. The summed E-state index contributed by atoms with van der Waals surface area (Å²) in [6.45, 7) is 9.78. The lowest BCUT2D eigenvalue weighted by Crippen LogP contribution is -2.31. The van der Waals surface area contributed by atoms with Crippen LogP contribution in [0, 0.1) is 12.8 Å². The first kappa shape index (κ1) is 14.7. The second-order valence-corrected chi connectivity index (χ2v) is 4.67. The lowest BCUT2D eigenvalue weighted by atomic mass is 10.1. The SMILES string of the molecule is CCNc1cc(NC(COC)C(C)C)nc(C)n1. The zero-order chi connectivity index (χ0) is 13.5. The van der Waals surface area contributed by atoms with Gasteiger partial charge in [0.15, 0.2) is 0 Å². The van der Waals surface area contributed by atoms with E-state index in [9.17, 15) is 0 Å². The molecule has 0 radical (unpaired) electrons. The monoisotopic (exact) mass is 252 g/mol. The normalized spacial score (nSPS) is 12.6. The summed E-state index contributed by atoms with van der Waals surface area (Å²) in [4.78, 5) is 8.73. The molecule has 0 saturated heterocycles. The summed E-state index contributed by atoms with van der Waals surface area (Å²) in [6.07, 6.45) is 0. The number of hydrogen-bond donors (Lipinski definition) is 2. The van der Waals surface area contributed by atoms with Gasteiger partial charge in [0.05, 0.1) is 12.6 Å². The third kappa shape index (κ3) is 4.49. The summed E-state index contributed by atoms with van der Waals surface area (Å²) < 4.78 is 5.22. The van der Waals surface area contributed by atoms with Gasteiger partial charge in [-0.2, -0.15) is 0 Å².